The van der Waals surface area contributed by atoms with Crippen LogP contribution in [0.3, 0.4) is 0 Å². The lowest BCUT2D eigenvalue weighted by Gasteiger charge is -2.44. The highest BCUT2D eigenvalue weighted by molar-refractivity contribution is 7.88. The summed E-state index contributed by atoms with van der Waals surface area (Å²) in [6.45, 7) is 1.70. The van der Waals surface area contributed by atoms with Crippen LogP contribution in [0.1, 0.15) is 31.2 Å². The molecule has 3 aromatic heterocycles. The fourth-order valence-corrected chi connectivity index (χ4v) is 5.83. The Morgan fingerprint density at radius 3 is 2.48 bits per heavy atom. The van der Waals surface area contributed by atoms with Crippen molar-refractivity contribution in [1.29, 1.82) is 0 Å². The molecule has 0 atom stereocenters. The predicted octanol–water partition coefficient (Wildman–Crippen LogP) is 3.20. The lowest BCUT2D eigenvalue weighted by atomic mass is 9.86. The van der Waals surface area contributed by atoms with Gasteiger partial charge in [0.05, 0.1) is 18.0 Å². The van der Waals surface area contributed by atoms with Crippen molar-refractivity contribution in [3.63, 3.8) is 0 Å². The standard InChI is InChI=1S/C21H23F3N6O2S/c1-33(31,32)28-11-7-20(8-12-28)6-2-10-30(20)18-5-9-25-19(27-18)16-13-26-17-4-3-15(14-29(16)17)21(22,23)24/h3-5,9,13-14H,2,6-8,10-12H2,1H3. The van der Waals surface area contributed by atoms with E-state index < -0.39 is 21.8 Å². The molecule has 5 heterocycles. The van der Waals surface area contributed by atoms with Crippen molar-refractivity contribution in [2.75, 3.05) is 30.8 Å². The number of halogens is 3. The van der Waals surface area contributed by atoms with Gasteiger partial charge in [-0.3, -0.25) is 4.40 Å². The third-order valence-electron chi connectivity index (χ3n) is 6.70. The van der Waals surface area contributed by atoms with E-state index >= 15 is 0 Å². The van der Waals surface area contributed by atoms with E-state index in [4.69, 9.17) is 4.98 Å². The van der Waals surface area contributed by atoms with Gasteiger partial charge in [-0.1, -0.05) is 0 Å². The van der Waals surface area contributed by atoms with E-state index in [0.717, 1.165) is 31.6 Å². The SMILES string of the molecule is CS(=O)(=O)N1CCC2(CCCN2c2ccnc(-c3cnc4ccc(C(F)(F)F)cn34)n2)CC1. The van der Waals surface area contributed by atoms with Crippen LogP contribution < -0.4 is 4.90 Å². The molecule has 2 aliphatic rings. The first-order chi connectivity index (χ1) is 15.6. The first-order valence-corrected chi connectivity index (χ1v) is 12.5. The molecule has 0 N–H and O–H groups in total. The molecule has 0 aromatic carbocycles. The van der Waals surface area contributed by atoms with Gasteiger partial charge in [0, 0.05) is 37.6 Å². The van der Waals surface area contributed by atoms with E-state index in [1.165, 1.54) is 27.2 Å². The predicted molar refractivity (Wildman–Crippen MR) is 116 cm³/mol. The molecule has 0 bridgehead atoms. The molecular weight excluding hydrogens is 457 g/mol. The Hall–Kier alpha value is -2.73. The second-order valence-electron chi connectivity index (χ2n) is 8.67. The Morgan fingerprint density at radius 2 is 1.79 bits per heavy atom. The molecule has 0 radical (unpaired) electrons. The van der Waals surface area contributed by atoms with Crippen LogP contribution in [-0.2, 0) is 16.2 Å². The number of pyridine rings is 1. The van der Waals surface area contributed by atoms with Crippen LogP contribution >= 0.6 is 0 Å². The lowest BCUT2D eigenvalue weighted by molar-refractivity contribution is -0.137. The van der Waals surface area contributed by atoms with Crippen LogP contribution in [0.2, 0.25) is 0 Å². The van der Waals surface area contributed by atoms with Gasteiger partial charge in [-0.25, -0.2) is 27.7 Å². The first kappa shape index (κ1) is 22.1. The topological polar surface area (TPSA) is 83.7 Å². The molecule has 0 unspecified atom stereocenters. The molecule has 0 amide bonds. The van der Waals surface area contributed by atoms with Gasteiger partial charge < -0.3 is 4.90 Å². The second kappa shape index (κ2) is 7.66. The minimum Gasteiger partial charge on any atom is -0.351 e. The van der Waals surface area contributed by atoms with Gasteiger partial charge >= 0.3 is 6.18 Å². The van der Waals surface area contributed by atoms with E-state index in [1.807, 2.05) is 0 Å². The normalized spacial score (nSPS) is 19.6. The summed E-state index contributed by atoms with van der Waals surface area (Å²) in [5.74, 6) is 0.974. The Labute approximate surface area is 189 Å². The number of piperidine rings is 1. The number of hydrogen-bond donors (Lipinski definition) is 0. The van der Waals surface area contributed by atoms with Crippen LogP contribution in [0, 0.1) is 0 Å². The van der Waals surface area contributed by atoms with Crippen LogP contribution in [0.25, 0.3) is 17.2 Å². The van der Waals surface area contributed by atoms with Gasteiger partial charge in [-0.2, -0.15) is 13.2 Å². The van der Waals surface area contributed by atoms with Crippen molar-refractivity contribution in [2.24, 2.45) is 0 Å². The number of aromatic nitrogens is 4. The summed E-state index contributed by atoms with van der Waals surface area (Å²) in [4.78, 5) is 15.4. The quantitative estimate of drug-likeness (QED) is 0.573. The van der Waals surface area contributed by atoms with Crippen LogP contribution in [0.4, 0.5) is 19.0 Å². The number of sulfonamides is 1. The summed E-state index contributed by atoms with van der Waals surface area (Å²) in [6, 6.07) is 4.12. The summed E-state index contributed by atoms with van der Waals surface area (Å²) in [5.41, 5.74) is -0.215. The van der Waals surface area contributed by atoms with E-state index in [-0.39, 0.29) is 11.4 Å². The number of anilines is 1. The minimum absolute atomic E-state index is 0.185. The maximum absolute atomic E-state index is 13.2. The van der Waals surface area contributed by atoms with Crippen molar-refractivity contribution in [2.45, 2.75) is 37.4 Å². The molecule has 5 rings (SSSR count). The first-order valence-electron chi connectivity index (χ1n) is 10.7. The number of nitrogens with zero attached hydrogens (tertiary/aromatic N) is 6. The summed E-state index contributed by atoms with van der Waals surface area (Å²) in [7, 11) is -3.23. The molecule has 12 heteroatoms. The van der Waals surface area contributed by atoms with Gasteiger partial charge in [-0.15, -0.1) is 0 Å². The molecule has 1 spiro atoms. The van der Waals surface area contributed by atoms with Crippen molar-refractivity contribution < 1.29 is 21.6 Å². The molecule has 0 saturated carbocycles. The highest BCUT2D eigenvalue weighted by atomic mass is 32.2. The average Bonchev–Trinajstić information content (AvgIpc) is 3.37. The Morgan fingerprint density at radius 1 is 1.03 bits per heavy atom. The van der Waals surface area contributed by atoms with Crippen molar-refractivity contribution in [3.05, 3.63) is 42.4 Å². The van der Waals surface area contributed by atoms with E-state index in [0.29, 0.717) is 43.1 Å². The summed E-state index contributed by atoms with van der Waals surface area (Å²) in [6.07, 6.45) is 4.13. The molecular formula is C21H23F3N6O2S. The summed E-state index contributed by atoms with van der Waals surface area (Å²) < 4.78 is 66.4. The molecule has 2 fully saturated rings. The fourth-order valence-electron chi connectivity index (χ4n) is 4.99. The van der Waals surface area contributed by atoms with E-state index in [2.05, 4.69) is 14.9 Å². The van der Waals surface area contributed by atoms with Gasteiger partial charge in [-0.05, 0) is 43.9 Å². The third-order valence-corrected chi connectivity index (χ3v) is 8.00. The Kier molecular flexibility index (Phi) is 5.12. The average molecular weight is 481 g/mol. The molecule has 8 nitrogen and oxygen atoms in total. The van der Waals surface area contributed by atoms with E-state index in [1.54, 1.807) is 12.3 Å². The number of alkyl halides is 3. The Bertz CT molecular complexity index is 1300. The van der Waals surface area contributed by atoms with Gasteiger partial charge in [0.15, 0.2) is 5.82 Å². The molecule has 3 aromatic rings. The third kappa shape index (κ3) is 3.95. The fraction of sp³-hybridized carbons (Fsp3) is 0.476. The highest BCUT2D eigenvalue weighted by Crippen LogP contribution is 2.41. The highest BCUT2D eigenvalue weighted by Gasteiger charge is 2.45. The van der Waals surface area contributed by atoms with Crippen molar-refractivity contribution >= 4 is 21.5 Å². The zero-order chi connectivity index (χ0) is 23.4. The molecule has 176 valence electrons. The maximum atomic E-state index is 13.2. The largest absolute Gasteiger partial charge is 0.417 e. The molecule has 33 heavy (non-hydrogen) atoms. The van der Waals surface area contributed by atoms with Gasteiger partial charge in [0.25, 0.3) is 0 Å². The van der Waals surface area contributed by atoms with E-state index in [9.17, 15) is 21.6 Å². The molecule has 2 saturated heterocycles. The number of imidazole rings is 1. The van der Waals surface area contributed by atoms with Gasteiger partial charge in [0.2, 0.25) is 10.0 Å². The zero-order valence-electron chi connectivity index (χ0n) is 18.0. The number of hydrogen-bond acceptors (Lipinski definition) is 6. The van der Waals surface area contributed by atoms with Gasteiger partial charge in [0.1, 0.15) is 17.2 Å². The smallest absolute Gasteiger partial charge is 0.351 e. The lowest BCUT2D eigenvalue weighted by Crippen LogP contribution is -2.53. The summed E-state index contributed by atoms with van der Waals surface area (Å²) in [5, 5.41) is 0. The van der Waals surface area contributed by atoms with Crippen LogP contribution in [0.5, 0.6) is 0 Å². The number of rotatable bonds is 3. The molecule has 2 aliphatic heterocycles. The van der Waals surface area contributed by atoms with Crippen LogP contribution in [0.15, 0.2) is 36.8 Å². The zero-order valence-corrected chi connectivity index (χ0v) is 18.8. The number of fused-ring (bicyclic) bond motifs is 1. The monoisotopic (exact) mass is 480 g/mol. The van der Waals surface area contributed by atoms with Crippen LogP contribution in [-0.4, -0.2) is 63.5 Å². The van der Waals surface area contributed by atoms with Crippen molar-refractivity contribution in [1.82, 2.24) is 23.7 Å². The Balaban J connectivity index is 1.48. The second-order valence-corrected chi connectivity index (χ2v) is 10.6. The summed E-state index contributed by atoms with van der Waals surface area (Å²) >= 11 is 0. The molecule has 0 aliphatic carbocycles. The maximum Gasteiger partial charge on any atom is 0.417 e. The van der Waals surface area contributed by atoms with Crippen molar-refractivity contribution in [3.8, 4) is 11.5 Å². The minimum atomic E-state index is -4.47.